The van der Waals surface area contributed by atoms with Crippen LogP contribution in [0.2, 0.25) is 0 Å². The first kappa shape index (κ1) is 14.5. The normalized spacial score (nSPS) is 10.7. The number of pyridine rings is 1. The van der Waals surface area contributed by atoms with Gasteiger partial charge in [0.25, 0.3) is 5.91 Å². The predicted molar refractivity (Wildman–Crippen MR) is 75.4 cm³/mol. The highest BCUT2D eigenvalue weighted by molar-refractivity contribution is 5.98. The number of amides is 1. The van der Waals surface area contributed by atoms with E-state index in [0.29, 0.717) is 23.4 Å². The van der Waals surface area contributed by atoms with Gasteiger partial charge in [-0.15, -0.1) is 0 Å². The van der Waals surface area contributed by atoms with Gasteiger partial charge in [0, 0.05) is 36.6 Å². The Morgan fingerprint density at radius 2 is 2.24 bits per heavy atom. The summed E-state index contributed by atoms with van der Waals surface area (Å²) < 4.78 is 5.20. The molecule has 2 aromatic heterocycles. The molecule has 108 valence electrons. The Labute approximate surface area is 121 Å². The number of carboxylic acid groups (broad SMARTS) is 1. The lowest BCUT2D eigenvalue weighted by molar-refractivity contribution is -0.131. The maximum Gasteiger partial charge on any atom is 0.328 e. The first-order valence-electron chi connectivity index (χ1n) is 6.21. The van der Waals surface area contributed by atoms with Gasteiger partial charge in [0.1, 0.15) is 5.76 Å². The molecular formula is C15H14N2O4. The van der Waals surface area contributed by atoms with E-state index in [1.54, 1.807) is 31.5 Å². The standard InChI is InChI=1S/C15H14N2O4/c1-17(10-12-3-2-8-21-12)15(20)13-6-7-16-9-11(13)4-5-14(18)19/h2-9H,10H2,1H3,(H,18,19). The van der Waals surface area contributed by atoms with Crippen LogP contribution in [0.25, 0.3) is 6.08 Å². The minimum atomic E-state index is -1.08. The van der Waals surface area contributed by atoms with Crippen LogP contribution in [0, 0.1) is 0 Å². The third-order valence-corrected chi connectivity index (χ3v) is 2.81. The lowest BCUT2D eigenvalue weighted by atomic mass is 10.1. The van der Waals surface area contributed by atoms with Gasteiger partial charge in [0.2, 0.25) is 0 Å². The summed E-state index contributed by atoms with van der Waals surface area (Å²) in [6.45, 7) is 0.330. The lowest BCUT2D eigenvalue weighted by Gasteiger charge is -2.16. The van der Waals surface area contributed by atoms with Gasteiger partial charge in [0.15, 0.2) is 0 Å². The van der Waals surface area contributed by atoms with Crippen LogP contribution >= 0.6 is 0 Å². The van der Waals surface area contributed by atoms with E-state index in [1.807, 2.05) is 0 Å². The molecule has 0 saturated heterocycles. The molecule has 1 N–H and O–H groups in total. The Morgan fingerprint density at radius 3 is 2.90 bits per heavy atom. The molecule has 6 heteroatoms. The molecule has 6 nitrogen and oxygen atoms in total. The highest BCUT2D eigenvalue weighted by atomic mass is 16.4. The lowest BCUT2D eigenvalue weighted by Crippen LogP contribution is -2.26. The number of aromatic nitrogens is 1. The third-order valence-electron chi connectivity index (χ3n) is 2.81. The zero-order chi connectivity index (χ0) is 15.2. The molecule has 0 atom stereocenters. The van der Waals surface area contributed by atoms with E-state index in [0.717, 1.165) is 6.08 Å². The largest absolute Gasteiger partial charge is 0.478 e. The number of aliphatic carboxylic acids is 1. The zero-order valence-electron chi connectivity index (χ0n) is 11.4. The van der Waals surface area contributed by atoms with E-state index in [1.165, 1.54) is 23.4 Å². The second kappa shape index (κ2) is 6.51. The molecule has 0 radical (unpaired) electrons. The summed E-state index contributed by atoms with van der Waals surface area (Å²) in [6, 6.07) is 5.09. The molecule has 0 aliphatic heterocycles. The van der Waals surface area contributed by atoms with Gasteiger partial charge in [-0.2, -0.15) is 0 Å². The topological polar surface area (TPSA) is 83.6 Å². The maximum atomic E-state index is 12.4. The second-order valence-electron chi connectivity index (χ2n) is 4.38. The number of nitrogens with zero attached hydrogens (tertiary/aromatic N) is 2. The molecule has 2 heterocycles. The number of hydrogen-bond donors (Lipinski definition) is 1. The van der Waals surface area contributed by atoms with Crippen LogP contribution in [-0.2, 0) is 11.3 Å². The van der Waals surface area contributed by atoms with Crippen LogP contribution in [0.15, 0.2) is 47.3 Å². The highest BCUT2D eigenvalue weighted by Crippen LogP contribution is 2.14. The number of carbonyl (C=O) groups excluding carboxylic acids is 1. The van der Waals surface area contributed by atoms with Crippen molar-refractivity contribution in [1.82, 2.24) is 9.88 Å². The smallest absolute Gasteiger partial charge is 0.328 e. The van der Waals surface area contributed by atoms with Crippen molar-refractivity contribution in [1.29, 1.82) is 0 Å². The molecule has 2 aromatic rings. The average Bonchev–Trinajstić information content (AvgIpc) is 2.97. The Hall–Kier alpha value is -2.89. The number of rotatable bonds is 5. The summed E-state index contributed by atoms with van der Waals surface area (Å²) in [7, 11) is 1.65. The van der Waals surface area contributed by atoms with Crippen molar-refractivity contribution < 1.29 is 19.1 Å². The molecule has 2 rings (SSSR count). The third kappa shape index (κ3) is 3.79. The van der Waals surface area contributed by atoms with Crippen molar-refractivity contribution in [2.45, 2.75) is 6.54 Å². The molecule has 0 fully saturated rings. The molecular weight excluding hydrogens is 272 g/mol. The molecule has 0 spiro atoms. The molecule has 21 heavy (non-hydrogen) atoms. The maximum absolute atomic E-state index is 12.4. The second-order valence-corrected chi connectivity index (χ2v) is 4.38. The van der Waals surface area contributed by atoms with Crippen LogP contribution in [0.1, 0.15) is 21.7 Å². The van der Waals surface area contributed by atoms with E-state index >= 15 is 0 Å². The van der Waals surface area contributed by atoms with Crippen molar-refractivity contribution in [3.8, 4) is 0 Å². The SMILES string of the molecule is CN(Cc1ccco1)C(=O)c1ccncc1C=CC(=O)O. The van der Waals surface area contributed by atoms with E-state index in [9.17, 15) is 9.59 Å². The number of carbonyl (C=O) groups is 2. The minimum Gasteiger partial charge on any atom is -0.478 e. The van der Waals surface area contributed by atoms with Crippen LogP contribution in [-0.4, -0.2) is 33.9 Å². The molecule has 0 aliphatic rings. The first-order valence-corrected chi connectivity index (χ1v) is 6.21. The van der Waals surface area contributed by atoms with Gasteiger partial charge in [-0.05, 0) is 24.3 Å². The van der Waals surface area contributed by atoms with Crippen LogP contribution in [0.4, 0.5) is 0 Å². The van der Waals surface area contributed by atoms with Crippen molar-refractivity contribution in [2.75, 3.05) is 7.05 Å². The van der Waals surface area contributed by atoms with Gasteiger partial charge < -0.3 is 14.4 Å². The molecule has 1 amide bonds. The van der Waals surface area contributed by atoms with Gasteiger partial charge in [-0.1, -0.05) is 0 Å². The molecule has 0 aliphatic carbocycles. The Morgan fingerprint density at radius 1 is 1.43 bits per heavy atom. The Kier molecular flexibility index (Phi) is 4.50. The van der Waals surface area contributed by atoms with Gasteiger partial charge in [-0.3, -0.25) is 9.78 Å². The van der Waals surface area contributed by atoms with Crippen LogP contribution in [0.5, 0.6) is 0 Å². The summed E-state index contributed by atoms with van der Waals surface area (Å²) in [5.74, 6) is -0.650. The first-order chi connectivity index (χ1) is 10.1. The molecule has 0 bridgehead atoms. The van der Waals surface area contributed by atoms with Gasteiger partial charge in [0.05, 0.1) is 12.8 Å². The number of furan rings is 1. The monoisotopic (exact) mass is 286 g/mol. The van der Waals surface area contributed by atoms with Crippen molar-refractivity contribution in [2.24, 2.45) is 0 Å². The minimum absolute atomic E-state index is 0.237. The summed E-state index contributed by atoms with van der Waals surface area (Å²) in [4.78, 5) is 28.4. The Bertz CT molecular complexity index is 662. The van der Waals surface area contributed by atoms with E-state index < -0.39 is 5.97 Å². The number of carboxylic acids is 1. The Balaban J connectivity index is 2.20. The van der Waals surface area contributed by atoms with E-state index in [-0.39, 0.29) is 5.91 Å². The number of hydrogen-bond acceptors (Lipinski definition) is 4. The zero-order valence-corrected chi connectivity index (χ0v) is 11.4. The molecule has 0 aromatic carbocycles. The van der Waals surface area contributed by atoms with Crippen LogP contribution in [0.3, 0.4) is 0 Å². The van der Waals surface area contributed by atoms with Crippen molar-refractivity contribution >= 4 is 18.0 Å². The fourth-order valence-electron chi connectivity index (χ4n) is 1.81. The fourth-order valence-corrected chi connectivity index (χ4v) is 1.81. The fraction of sp³-hybridized carbons (Fsp3) is 0.133. The van der Waals surface area contributed by atoms with Crippen LogP contribution < -0.4 is 0 Å². The highest BCUT2D eigenvalue weighted by Gasteiger charge is 2.16. The molecule has 0 unspecified atom stereocenters. The summed E-state index contributed by atoms with van der Waals surface area (Å²) in [5.41, 5.74) is 0.841. The quantitative estimate of drug-likeness (QED) is 0.850. The van der Waals surface area contributed by atoms with E-state index in [4.69, 9.17) is 9.52 Å². The van der Waals surface area contributed by atoms with E-state index in [2.05, 4.69) is 4.98 Å². The average molecular weight is 286 g/mol. The summed E-state index contributed by atoms with van der Waals surface area (Å²) >= 11 is 0. The van der Waals surface area contributed by atoms with Gasteiger partial charge >= 0.3 is 5.97 Å². The predicted octanol–water partition coefficient (Wildman–Crippen LogP) is 2.04. The van der Waals surface area contributed by atoms with Crippen molar-refractivity contribution in [3.63, 3.8) is 0 Å². The summed E-state index contributed by atoms with van der Waals surface area (Å²) in [6.07, 6.45) is 6.81. The van der Waals surface area contributed by atoms with Crippen molar-refractivity contribution in [3.05, 3.63) is 59.8 Å². The summed E-state index contributed by atoms with van der Waals surface area (Å²) in [5, 5.41) is 8.67. The van der Waals surface area contributed by atoms with Gasteiger partial charge in [-0.25, -0.2) is 4.79 Å². The molecule has 0 saturated carbocycles.